The fourth-order valence-corrected chi connectivity index (χ4v) is 6.15. The van der Waals surface area contributed by atoms with E-state index in [2.05, 4.69) is 116 Å². The molecule has 60 heavy (non-hydrogen) atoms. The van der Waals surface area contributed by atoms with Crippen molar-refractivity contribution in [3.63, 3.8) is 0 Å². The Labute approximate surface area is 365 Å². The second kappa shape index (κ2) is 45.2. The molecular weight excluding hydrogens is 774 g/mol. The van der Waals surface area contributed by atoms with Crippen LogP contribution in [0.2, 0.25) is 0 Å². The lowest BCUT2D eigenvalue weighted by Gasteiger charge is -2.19. The molecule has 0 fully saturated rings. The maximum absolute atomic E-state index is 12.6. The molecule has 0 aliphatic heterocycles. The molecule has 0 aromatic heterocycles. The molecule has 9 nitrogen and oxygen atoms in total. The summed E-state index contributed by atoms with van der Waals surface area (Å²) in [5, 5.41) is 2.81. The second-order valence-electron chi connectivity index (χ2n) is 14.5. The first-order valence-corrected chi connectivity index (χ1v) is 24.3. The first-order chi connectivity index (χ1) is 29.3. The van der Waals surface area contributed by atoms with Crippen molar-refractivity contribution in [3.8, 4) is 0 Å². The highest BCUT2D eigenvalue weighted by Gasteiger charge is 2.26. The summed E-state index contributed by atoms with van der Waals surface area (Å²) >= 11 is 0. The van der Waals surface area contributed by atoms with E-state index in [9.17, 15) is 19.0 Å². The Balaban J connectivity index is 4.41. The number of unbranched alkanes of at least 4 members (excludes halogenated alkanes) is 9. The average molecular weight is 856 g/mol. The SMILES string of the molecule is CCCCC/C=C\C/C=C\C/C=C\C/C=C\C/C=C\CCC(=O)OC(COC(=O)CCCCC/C=C\C/C=C\C/C=C\C/C=C\CCCCC)COP(=O)(O)OCCNC. The molecule has 2 atom stereocenters. The van der Waals surface area contributed by atoms with Gasteiger partial charge in [-0.3, -0.25) is 18.6 Å². The van der Waals surface area contributed by atoms with Gasteiger partial charge in [0, 0.05) is 19.4 Å². The minimum Gasteiger partial charge on any atom is -0.462 e. The average Bonchev–Trinajstić information content (AvgIpc) is 3.23. The zero-order chi connectivity index (χ0) is 43.9. The molecule has 0 aliphatic rings. The van der Waals surface area contributed by atoms with E-state index < -0.39 is 32.5 Å². The minimum atomic E-state index is -4.39. The van der Waals surface area contributed by atoms with Gasteiger partial charge in [-0.15, -0.1) is 0 Å². The summed E-state index contributed by atoms with van der Waals surface area (Å²) in [6.07, 6.45) is 58.6. The van der Waals surface area contributed by atoms with Crippen molar-refractivity contribution in [1.82, 2.24) is 5.32 Å². The molecule has 0 aromatic carbocycles. The molecule has 0 amide bonds. The van der Waals surface area contributed by atoms with Gasteiger partial charge in [0.15, 0.2) is 6.10 Å². The highest BCUT2D eigenvalue weighted by Crippen LogP contribution is 2.43. The van der Waals surface area contributed by atoms with Gasteiger partial charge in [0.25, 0.3) is 0 Å². The fourth-order valence-electron chi connectivity index (χ4n) is 5.40. The third-order valence-corrected chi connectivity index (χ3v) is 9.86. The molecule has 2 unspecified atom stereocenters. The molecular formula is C50H82NO8P. The minimum absolute atomic E-state index is 0.0421. The zero-order valence-corrected chi connectivity index (χ0v) is 38.5. The predicted molar refractivity (Wildman–Crippen MR) is 252 cm³/mol. The third-order valence-electron chi connectivity index (χ3n) is 8.88. The predicted octanol–water partition coefficient (Wildman–Crippen LogP) is 13.4. The Hall–Kier alpha value is -3.33. The Bertz CT molecular complexity index is 1340. The molecule has 10 heteroatoms. The van der Waals surface area contributed by atoms with E-state index >= 15 is 0 Å². The van der Waals surface area contributed by atoms with Crippen LogP contribution in [0.15, 0.2) is 109 Å². The van der Waals surface area contributed by atoms with Gasteiger partial charge in [0.2, 0.25) is 0 Å². The van der Waals surface area contributed by atoms with Crippen molar-refractivity contribution in [3.05, 3.63) is 109 Å². The van der Waals surface area contributed by atoms with E-state index in [0.29, 0.717) is 19.4 Å². The number of hydrogen-bond acceptors (Lipinski definition) is 8. The van der Waals surface area contributed by atoms with E-state index in [-0.39, 0.29) is 26.1 Å². The maximum Gasteiger partial charge on any atom is 0.472 e. The Morgan fingerprint density at radius 1 is 0.517 bits per heavy atom. The number of phosphoric ester groups is 1. The summed E-state index contributed by atoms with van der Waals surface area (Å²) in [5.41, 5.74) is 0. The quantitative estimate of drug-likeness (QED) is 0.0268. The van der Waals surface area contributed by atoms with Gasteiger partial charge < -0.3 is 19.7 Å². The molecule has 340 valence electrons. The van der Waals surface area contributed by atoms with Crippen molar-refractivity contribution in [2.24, 2.45) is 0 Å². The largest absolute Gasteiger partial charge is 0.472 e. The molecule has 0 heterocycles. The molecule has 0 radical (unpaired) electrons. The first kappa shape index (κ1) is 56.7. The van der Waals surface area contributed by atoms with Crippen molar-refractivity contribution in [2.45, 2.75) is 161 Å². The van der Waals surface area contributed by atoms with Crippen molar-refractivity contribution < 1.29 is 37.6 Å². The summed E-state index contributed by atoms with van der Waals surface area (Å²) in [4.78, 5) is 35.1. The van der Waals surface area contributed by atoms with Gasteiger partial charge in [-0.05, 0) is 103 Å². The van der Waals surface area contributed by atoms with Crippen LogP contribution in [0.5, 0.6) is 0 Å². The van der Waals surface area contributed by atoms with Gasteiger partial charge in [-0.1, -0.05) is 155 Å². The van der Waals surface area contributed by atoms with Crippen molar-refractivity contribution >= 4 is 19.8 Å². The Morgan fingerprint density at radius 2 is 0.933 bits per heavy atom. The van der Waals surface area contributed by atoms with Crippen LogP contribution in [0.1, 0.15) is 155 Å². The zero-order valence-electron chi connectivity index (χ0n) is 37.6. The molecule has 0 rings (SSSR count). The van der Waals surface area contributed by atoms with Crippen LogP contribution < -0.4 is 5.32 Å². The lowest BCUT2D eigenvalue weighted by atomic mass is 10.1. The molecule has 0 saturated heterocycles. The van der Waals surface area contributed by atoms with Crippen LogP contribution in [0.4, 0.5) is 0 Å². The van der Waals surface area contributed by atoms with E-state index in [0.717, 1.165) is 64.2 Å². The van der Waals surface area contributed by atoms with E-state index in [4.69, 9.17) is 18.5 Å². The number of carbonyl (C=O) groups is 2. The summed E-state index contributed by atoms with van der Waals surface area (Å²) in [6.45, 7) is 4.02. The topological polar surface area (TPSA) is 120 Å². The Kier molecular flexibility index (Phi) is 42.7. The molecule has 2 N–H and O–H groups in total. The first-order valence-electron chi connectivity index (χ1n) is 22.8. The van der Waals surface area contributed by atoms with Crippen LogP contribution in [0.25, 0.3) is 0 Å². The number of rotatable bonds is 41. The highest BCUT2D eigenvalue weighted by molar-refractivity contribution is 7.47. The van der Waals surface area contributed by atoms with Gasteiger partial charge in [0.1, 0.15) is 6.61 Å². The smallest absolute Gasteiger partial charge is 0.462 e. The number of esters is 2. The van der Waals surface area contributed by atoms with Crippen molar-refractivity contribution in [2.75, 3.05) is 33.4 Å². The fraction of sp³-hybridized carbons (Fsp3) is 0.600. The summed E-state index contributed by atoms with van der Waals surface area (Å²) in [6, 6.07) is 0. The summed E-state index contributed by atoms with van der Waals surface area (Å²) in [5.74, 6) is -0.950. The van der Waals surface area contributed by atoms with E-state index in [1.54, 1.807) is 7.05 Å². The lowest BCUT2D eigenvalue weighted by Crippen LogP contribution is -2.29. The standard InChI is InChI=1S/C50H82NO8P/c1-4-6-8-10-12-14-16-18-20-22-24-26-28-30-32-34-36-38-40-42-49(52)56-46-48(47-58-60(54,55)57-45-44-51-3)59-50(53)43-41-39-37-35-33-31-29-27-25-23-21-19-17-15-13-11-9-7-5-2/h12-15,18-21,24-27,30-33,37,39,48,51H,4-11,16-17,22-23,28-29,34-36,38,40-47H2,1-3H3,(H,54,55)/b14-12-,15-13-,20-18-,21-19-,26-24-,27-25-,32-30-,33-31-,39-37-. The molecule has 0 aliphatic carbocycles. The number of carbonyl (C=O) groups excluding carboxylic acids is 2. The molecule has 0 aromatic rings. The number of nitrogens with one attached hydrogen (secondary N) is 1. The van der Waals surface area contributed by atoms with Crippen LogP contribution >= 0.6 is 7.82 Å². The van der Waals surface area contributed by atoms with Crippen molar-refractivity contribution in [1.29, 1.82) is 0 Å². The number of allylic oxidation sites excluding steroid dienone is 18. The normalized spacial score (nSPS) is 14.3. The number of hydrogen-bond donors (Lipinski definition) is 2. The van der Waals surface area contributed by atoms with Gasteiger partial charge >= 0.3 is 19.8 Å². The number of ether oxygens (including phenoxy) is 2. The molecule has 0 bridgehead atoms. The van der Waals surface area contributed by atoms with Gasteiger partial charge in [0.05, 0.1) is 13.2 Å². The number of phosphoric acid groups is 1. The summed E-state index contributed by atoms with van der Waals surface area (Å²) in [7, 11) is -2.70. The third kappa shape index (κ3) is 44.2. The Morgan fingerprint density at radius 3 is 1.37 bits per heavy atom. The second-order valence-corrected chi connectivity index (χ2v) is 16.0. The monoisotopic (exact) mass is 856 g/mol. The van der Waals surface area contributed by atoms with Crippen LogP contribution in [-0.2, 0) is 32.7 Å². The molecule has 0 spiro atoms. The van der Waals surface area contributed by atoms with E-state index in [1.165, 1.54) is 51.4 Å². The van der Waals surface area contributed by atoms with Crippen LogP contribution in [0, 0.1) is 0 Å². The van der Waals surface area contributed by atoms with Crippen LogP contribution in [0.3, 0.4) is 0 Å². The number of likely N-dealkylation sites (N-methyl/N-ethyl adjacent to an activating group) is 1. The van der Waals surface area contributed by atoms with Crippen LogP contribution in [-0.4, -0.2) is 56.3 Å². The maximum atomic E-state index is 12.6. The van der Waals surface area contributed by atoms with Gasteiger partial charge in [-0.25, -0.2) is 4.57 Å². The summed E-state index contributed by atoms with van der Waals surface area (Å²) < 4.78 is 33.1. The lowest BCUT2D eigenvalue weighted by molar-refractivity contribution is -0.161. The molecule has 0 saturated carbocycles. The van der Waals surface area contributed by atoms with E-state index in [1.807, 2.05) is 12.2 Å². The van der Waals surface area contributed by atoms with Gasteiger partial charge in [-0.2, -0.15) is 0 Å². The highest BCUT2D eigenvalue weighted by atomic mass is 31.2.